The third-order valence-corrected chi connectivity index (χ3v) is 4.20. The highest BCUT2D eigenvalue weighted by molar-refractivity contribution is 6.09. The van der Waals surface area contributed by atoms with E-state index in [1.54, 1.807) is 6.07 Å². The van der Waals surface area contributed by atoms with Crippen molar-refractivity contribution in [3.63, 3.8) is 0 Å². The molecule has 1 heterocycles. The second-order valence-electron chi connectivity index (χ2n) is 5.79. The average molecular weight is 295 g/mol. The first-order valence-corrected chi connectivity index (χ1v) is 7.56. The summed E-state index contributed by atoms with van der Waals surface area (Å²) >= 11 is 0. The molecule has 0 fully saturated rings. The van der Waals surface area contributed by atoms with Gasteiger partial charge < -0.3 is 15.5 Å². The molecule has 4 heteroatoms. The monoisotopic (exact) mass is 295 g/mol. The Morgan fingerprint density at radius 1 is 1.09 bits per heavy atom. The molecule has 114 valence electrons. The fourth-order valence-corrected chi connectivity index (χ4v) is 2.95. The molecule has 0 bridgehead atoms. The summed E-state index contributed by atoms with van der Waals surface area (Å²) in [5.41, 5.74) is 10.2. The van der Waals surface area contributed by atoms with Gasteiger partial charge in [0.1, 0.15) is 0 Å². The normalized spacial score (nSPS) is 14.5. The highest BCUT2D eigenvalue weighted by atomic mass is 16.2. The van der Waals surface area contributed by atoms with Crippen molar-refractivity contribution >= 4 is 23.0 Å². The number of carbonyl (C=O) groups excluding carboxylic acids is 1. The first-order chi connectivity index (χ1) is 10.6. The molecule has 0 unspecified atom stereocenters. The number of hydrogen-bond donors (Lipinski definition) is 1. The zero-order valence-electron chi connectivity index (χ0n) is 13.0. The molecule has 0 aliphatic carbocycles. The van der Waals surface area contributed by atoms with Crippen LogP contribution >= 0.6 is 0 Å². The van der Waals surface area contributed by atoms with E-state index in [9.17, 15) is 4.79 Å². The summed E-state index contributed by atoms with van der Waals surface area (Å²) in [5, 5.41) is 0. The van der Waals surface area contributed by atoms with Crippen molar-refractivity contribution < 1.29 is 4.79 Å². The molecule has 0 radical (unpaired) electrons. The molecule has 2 aromatic carbocycles. The van der Waals surface area contributed by atoms with Crippen LogP contribution in [0, 0.1) is 6.92 Å². The van der Waals surface area contributed by atoms with Crippen LogP contribution in [-0.4, -0.2) is 26.0 Å². The highest BCUT2D eigenvalue weighted by Crippen LogP contribution is 2.32. The number of nitrogens with two attached hydrogens (primary N) is 1. The number of fused-ring (bicyclic) bond motifs is 1. The quantitative estimate of drug-likeness (QED) is 0.823. The van der Waals surface area contributed by atoms with Gasteiger partial charge in [-0.15, -0.1) is 0 Å². The summed E-state index contributed by atoms with van der Waals surface area (Å²) in [7, 11) is 2.07. The molecule has 22 heavy (non-hydrogen) atoms. The molecule has 0 atom stereocenters. The van der Waals surface area contributed by atoms with Gasteiger partial charge in [-0.2, -0.15) is 0 Å². The van der Waals surface area contributed by atoms with Crippen molar-refractivity contribution in [1.82, 2.24) is 0 Å². The van der Waals surface area contributed by atoms with Crippen LogP contribution in [0.5, 0.6) is 0 Å². The summed E-state index contributed by atoms with van der Waals surface area (Å²) in [6, 6.07) is 13.6. The van der Waals surface area contributed by atoms with Crippen molar-refractivity contribution in [3.05, 3.63) is 53.6 Å². The van der Waals surface area contributed by atoms with E-state index in [4.69, 9.17) is 5.73 Å². The maximum atomic E-state index is 13.0. The first kappa shape index (κ1) is 14.4. The van der Waals surface area contributed by atoms with Crippen molar-refractivity contribution in [2.24, 2.45) is 0 Å². The number of hydrogen-bond acceptors (Lipinski definition) is 3. The molecule has 0 saturated heterocycles. The number of aryl methyl sites for hydroxylation is 1. The van der Waals surface area contributed by atoms with Crippen molar-refractivity contribution in [2.75, 3.05) is 35.7 Å². The lowest BCUT2D eigenvalue weighted by Gasteiger charge is -2.25. The SMILES string of the molecule is Cc1ccc(N)cc1C(=O)N1CCCN(C)c2ccccc21. The van der Waals surface area contributed by atoms with Crippen molar-refractivity contribution in [1.29, 1.82) is 0 Å². The molecule has 2 N–H and O–H groups in total. The lowest BCUT2D eigenvalue weighted by molar-refractivity contribution is 0.0986. The molecular weight excluding hydrogens is 274 g/mol. The van der Waals surface area contributed by atoms with Crippen LogP contribution in [0.1, 0.15) is 22.3 Å². The summed E-state index contributed by atoms with van der Waals surface area (Å²) in [6.45, 7) is 3.60. The van der Waals surface area contributed by atoms with E-state index in [2.05, 4.69) is 18.0 Å². The van der Waals surface area contributed by atoms with E-state index in [-0.39, 0.29) is 5.91 Å². The molecule has 0 saturated carbocycles. The van der Waals surface area contributed by atoms with Gasteiger partial charge >= 0.3 is 0 Å². The molecule has 1 aliphatic rings. The Morgan fingerprint density at radius 3 is 2.59 bits per heavy atom. The number of rotatable bonds is 1. The molecule has 0 spiro atoms. The first-order valence-electron chi connectivity index (χ1n) is 7.56. The van der Waals surface area contributed by atoms with Gasteiger partial charge in [-0.25, -0.2) is 0 Å². The van der Waals surface area contributed by atoms with E-state index in [1.165, 1.54) is 0 Å². The van der Waals surface area contributed by atoms with E-state index in [1.807, 2.05) is 42.2 Å². The Morgan fingerprint density at radius 2 is 1.82 bits per heavy atom. The molecule has 2 aromatic rings. The zero-order valence-corrected chi connectivity index (χ0v) is 13.0. The van der Waals surface area contributed by atoms with Gasteiger partial charge in [0.05, 0.1) is 11.4 Å². The molecule has 1 amide bonds. The summed E-state index contributed by atoms with van der Waals surface area (Å²) in [6.07, 6.45) is 0.943. The number of amides is 1. The van der Waals surface area contributed by atoms with Gasteiger partial charge in [0.2, 0.25) is 0 Å². The molecule has 3 rings (SSSR count). The molecule has 0 aromatic heterocycles. The predicted octanol–water partition coefficient (Wildman–Crippen LogP) is 3.06. The van der Waals surface area contributed by atoms with Crippen LogP contribution in [0.2, 0.25) is 0 Å². The number of nitrogens with zero attached hydrogens (tertiary/aromatic N) is 2. The maximum Gasteiger partial charge on any atom is 0.258 e. The van der Waals surface area contributed by atoms with Crippen molar-refractivity contribution in [3.8, 4) is 0 Å². The maximum absolute atomic E-state index is 13.0. The minimum Gasteiger partial charge on any atom is -0.399 e. The molecule has 4 nitrogen and oxygen atoms in total. The largest absolute Gasteiger partial charge is 0.399 e. The van der Waals surface area contributed by atoms with Gasteiger partial charge in [-0.05, 0) is 43.2 Å². The minimum atomic E-state index is 0.0209. The van der Waals surface area contributed by atoms with Crippen LogP contribution in [-0.2, 0) is 0 Å². The van der Waals surface area contributed by atoms with E-state index >= 15 is 0 Å². The Labute approximate surface area is 131 Å². The van der Waals surface area contributed by atoms with Crippen LogP contribution < -0.4 is 15.5 Å². The number of benzene rings is 2. The summed E-state index contributed by atoms with van der Waals surface area (Å²) < 4.78 is 0. The standard InChI is InChI=1S/C18H21N3O/c1-13-8-9-14(19)12-15(13)18(22)21-11-5-10-20(2)16-6-3-4-7-17(16)21/h3-4,6-9,12H,5,10-11,19H2,1-2H3. The number of para-hydroxylation sites is 2. The number of carbonyl (C=O) groups is 1. The van der Waals surface area contributed by atoms with Gasteiger partial charge in [0.15, 0.2) is 0 Å². The Hall–Kier alpha value is -2.49. The van der Waals surface area contributed by atoms with E-state index in [0.717, 1.165) is 29.9 Å². The third kappa shape index (κ3) is 2.52. The predicted molar refractivity (Wildman–Crippen MR) is 91.6 cm³/mol. The van der Waals surface area contributed by atoms with E-state index in [0.29, 0.717) is 17.8 Å². The highest BCUT2D eigenvalue weighted by Gasteiger charge is 2.25. The summed E-state index contributed by atoms with van der Waals surface area (Å²) in [5.74, 6) is 0.0209. The molecular formula is C18H21N3O. The Kier molecular flexibility index (Phi) is 3.75. The van der Waals surface area contributed by atoms with Gasteiger partial charge in [0, 0.05) is 31.4 Å². The van der Waals surface area contributed by atoms with Crippen LogP contribution in [0.3, 0.4) is 0 Å². The van der Waals surface area contributed by atoms with Crippen LogP contribution in [0.4, 0.5) is 17.1 Å². The fraction of sp³-hybridized carbons (Fsp3) is 0.278. The number of anilines is 3. The lowest BCUT2D eigenvalue weighted by atomic mass is 10.1. The fourth-order valence-electron chi connectivity index (χ4n) is 2.95. The lowest BCUT2D eigenvalue weighted by Crippen LogP contribution is -2.32. The third-order valence-electron chi connectivity index (χ3n) is 4.20. The Balaban J connectivity index is 2.05. The van der Waals surface area contributed by atoms with Gasteiger partial charge in [0.25, 0.3) is 5.91 Å². The smallest absolute Gasteiger partial charge is 0.258 e. The van der Waals surface area contributed by atoms with Crippen LogP contribution in [0.25, 0.3) is 0 Å². The Bertz CT molecular complexity index is 711. The van der Waals surface area contributed by atoms with E-state index < -0.39 is 0 Å². The van der Waals surface area contributed by atoms with Crippen LogP contribution in [0.15, 0.2) is 42.5 Å². The molecule has 1 aliphatic heterocycles. The average Bonchev–Trinajstić information content (AvgIpc) is 2.69. The minimum absolute atomic E-state index is 0.0209. The topological polar surface area (TPSA) is 49.6 Å². The van der Waals surface area contributed by atoms with Gasteiger partial charge in [-0.3, -0.25) is 4.79 Å². The second-order valence-corrected chi connectivity index (χ2v) is 5.79. The zero-order chi connectivity index (χ0) is 15.7. The summed E-state index contributed by atoms with van der Waals surface area (Å²) in [4.78, 5) is 17.1. The van der Waals surface area contributed by atoms with Gasteiger partial charge in [-0.1, -0.05) is 18.2 Å². The number of nitrogen functional groups attached to an aromatic ring is 1. The van der Waals surface area contributed by atoms with Crippen molar-refractivity contribution in [2.45, 2.75) is 13.3 Å². The second kappa shape index (κ2) is 5.72.